The fourth-order valence-corrected chi connectivity index (χ4v) is 1.55. The number of hydrogen-bond acceptors (Lipinski definition) is 5. The number of nitrogens with one attached hydrogen (secondary N) is 1. The van der Waals surface area contributed by atoms with Crippen LogP contribution in [-0.4, -0.2) is 23.0 Å². The highest BCUT2D eigenvalue weighted by atomic mass is 19.4. The molecule has 1 aromatic heterocycles. The summed E-state index contributed by atoms with van der Waals surface area (Å²) in [6.45, 7) is 0. The van der Waals surface area contributed by atoms with Crippen molar-refractivity contribution in [2.45, 2.75) is 6.18 Å². The van der Waals surface area contributed by atoms with Crippen LogP contribution in [0.4, 0.5) is 24.7 Å². The number of carbonyl (C=O) groups excluding carboxylic acids is 1. The van der Waals surface area contributed by atoms with E-state index in [0.717, 1.165) is 12.1 Å². The van der Waals surface area contributed by atoms with Gasteiger partial charge in [0, 0.05) is 18.1 Å². The Hall–Kier alpha value is -2.64. The van der Waals surface area contributed by atoms with Crippen molar-refractivity contribution in [2.24, 2.45) is 0 Å². The van der Waals surface area contributed by atoms with Crippen LogP contribution in [0.2, 0.25) is 0 Å². The number of nitrogens with zero attached hydrogens (tertiary/aromatic N) is 2. The predicted molar refractivity (Wildman–Crippen MR) is 68.1 cm³/mol. The number of aromatic nitrogens is 2. The van der Waals surface area contributed by atoms with E-state index in [1.807, 2.05) is 0 Å². The minimum Gasteiger partial charge on any atom is -0.464 e. The van der Waals surface area contributed by atoms with Gasteiger partial charge in [0.25, 0.3) is 0 Å². The van der Waals surface area contributed by atoms with Crippen LogP contribution in [-0.2, 0) is 10.9 Å². The molecule has 8 heteroatoms. The first-order valence-electron chi connectivity index (χ1n) is 5.75. The SMILES string of the molecule is COC(=O)c1nccnc1Nc1ccc(C(F)(F)F)cc1. The molecule has 0 atom stereocenters. The fraction of sp³-hybridized carbons (Fsp3) is 0.154. The maximum atomic E-state index is 12.5. The van der Waals surface area contributed by atoms with E-state index >= 15 is 0 Å². The summed E-state index contributed by atoms with van der Waals surface area (Å²) in [5, 5.41) is 2.72. The van der Waals surface area contributed by atoms with Crippen molar-refractivity contribution in [3.63, 3.8) is 0 Å². The molecule has 0 bridgehead atoms. The summed E-state index contributed by atoms with van der Waals surface area (Å²) in [6, 6.07) is 4.32. The molecule has 0 amide bonds. The van der Waals surface area contributed by atoms with Crippen LogP contribution in [0.3, 0.4) is 0 Å². The van der Waals surface area contributed by atoms with Crippen LogP contribution in [0.25, 0.3) is 0 Å². The zero-order chi connectivity index (χ0) is 15.5. The van der Waals surface area contributed by atoms with Crippen molar-refractivity contribution >= 4 is 17.5 Å². The number of methoxy groups -OCH3 is 1. The lowest BCUT2D eigenvalue weighted by Gasteiger charge is -2.10. The summed E-state index contributed by atoms with van der Waals surface area (Å²) < 4.78 is 41.9. The minimum absolute atomic E-state index is 0.0557. The molecule has 0 saturated heterocycles. The molecule has 2 aromatic rings. The quantitative estimate of drug-likeness (QED) is 0.882. The second kappa shape index (κ2) is 5.78. The van der Waals surface area contributed by atoms with Gasteiger partial charge in [0.05, 0.1) is 12.7 Å². The van der Waals surface area contributed by atoms with Crippen LogP contribution in [0, 0.1) is 0 Å². The van der Waals surface area contributed by atoms with Crippen LogP contribution in [0.15, 0.2) is 36.7 Å². The Bertz CT molecular complexity index is 642. The zero-order valence-electron chi connectivity index (χ0n) is 10.8. The molecule has 0 radical (unpaired) electrons. The number of rotatable bonds is 3. The van der Waals surface area contributed by atoms with Crippen molar-refractivity contribution in [3.8, 4) is 0 Å². The van der Waals surface area contributed by atoms with Crippen LogP contribution < -0.4 is 5.32 Å². The van der Waals surface area contributed by atoms with E-state index < -0.39 is 17.7 Å². The Morgan fingerprint density at radius 1 is 1.14 bits per heavy atom. The van der Waals surface area contributed by atoms with Gasteiger partial charge in [-0.2, -0.15) is 13.2 Å². The van der Waals surface area contributed by atoms with Gasteiger partial charge in [-0.05, 0) is 24.3 Å². The number of carbonyl (C=O) groups is 1. The minimum atomic E-state index is -4.40. The first kappa shape index (κ1) is 14.8. The molecule has 2 rings (SSSR count). The third kappa shape index (κ3) is 3.47. The van der Waals surface area contributed by atoms with E-state index in [1.54, 1.807) is 0 Å². The zero-order valence-corrected chi connectivity index (χ0v) is 10.8. The van der Waals surface area contributed by atoms with Gasteiger partial charge < -0.3 is 10.1 Å². The molecule has 1 N–H and O–H groups in total. The lowest BCUT2D eigenvalue weighted by Crippen LogP contribution is -2.10. The van der Waals surface area contributed by atoms with E-state index in [2.05, 4.69) is 20.0 Å². The van der Waals surface area contributed by atoms with Crippen LogP contribution >= 0.6 is 0 Å². The van der Waals surface area contributed by atoms with Gasteiger partial charge in [-0.15, -0.1) is 0 Å². The highest BCUT2D eigenvalue weighted by Gasteiger charge is 2.30. The predicted octanol–water partition coefficient (Wildman–Crippen LogP) is 3.03. The first-order chi connectivity index (χ1) is 9.91. The fourth-order valence-electron chi connectivity index (χ4n) is 1.55. The molecule has 0 fully saturated rings. The average molecular weight is 297 g/mol. The summed E-state index contributed by atoms with van der Waals surface area (Å²) in [7, 11) is 1.19. The van der Waals surface area contributed by atoms with Crippen molar-refractivity contribution in [3.05, 3.63) is 47.9 Å². The van der Waals surface area contributed by atoms with Gasteiger partial charge in [-0.1, -0.05) is 0 Å². The van der Waals surface area contributed by atoms with Crippen molar-refractivity contribution < 1.29 is 22.7 Å². The summed E-state index contributed by atoms with van der Waals surface area (Å²) in [5.41, 5.74) is -0.478. The van der Waals surface area contributed by atoms with E-state index in [0.29, 0.717) is 5.69 Å². The molecule has 0 unspecified atom stereocenters. The average Bonchev–Trinajstić information content (AvgIpc) is 2.46. The van der Waals surface area contributed by atoms with Gasteiger partial charge >= 0.3 is 12.1 Å². The van der Waals surface area contributed by atoms with E-state index in [9.17, 15) is 18.0 Å². The normalized spacial score (nSPS) is 11.0. The molecule has 0 aliphatic heterocycles. The lowest BCUT2D eigenvalue weighted by molar-refractivity contribution is -0.137. The number of ether oxygens (including phenoxy) is 1. The van der Waals surface area contributed by atoms with Gasteiger partial charge in [-0.25, -0.2) is 14.8 Å². The third-order valence-corrected chi connectivity index (χ3v) is 2.55. The summed E-state index contributed by atoms with van der Waals surface area (Å²) in [5.74, 6) is -0.596. The maximum Gasteiger partial charge on any atom is 0.416 e. The Kier molecular flexibility index (Phi) is 4.06. The van der Waals surface area contributed by atoms with Crippen molar-refractivity contribution in [2.75, 3.05) is 12.4 Å². The molecule has 0 spiro atoms. The van der Waals surface area contributed by atoms with Crippen molar-refractivity contribution in [1.82, 2.24) is 9.97 Å². The summed E-state index contributed by atoms with van der Waals surface area (Å²) in [4.78, 5) is 19.2. The molecule has 0 saturated carbocycles. The second-order valence-electron chi connectivity index (χ2n) is 3.95. The highest BCUT2D eigenvalue weighted by Crippen LogP contribution is 2.30. The largest absolute Gasteiger partial charge is 0.464 e. The maximum absolute atomic E-state index is 12.5. The number of esters is 1. The Balaban J connectivity index is 2.25. The van der Waals surface area contributed by atoms with Gasteiger partial charge in [0.1, 0.15) is 0 Å². The lowest BCUT2D eigenvalue weighted by atomic mass is 10.2. The van der Waals surface area contributed by atoms with E-state index in [4.69, 9.17) is 0 Å². The standard InChI is InChI=1S/C13H10F3N3O2/c1-21-12(20)10-11(18-7-6-17-10)19-9-4-2-8(3-5-9)13(14,15)16/h2-7H,1H3,(H,18,19). The molecule has 0 aliphatic carbocycles. The van der Waals surface area contributed by atoms with Gasteiger partial charge in [-0.3, -0.25) is 0 Å². The van der Waals surface area contributed by atoms with Crippen LogP contribution in [0.1, 0.15) is 16.1 Å². The molecule has 0 aliphatic rings. The Morgan fingerprint density at radius 3 is 2.33 bits per heavy atom. The first-order valence-corrected chi connectivity index (χ1v) is 5.75. The van der Waals surface area contributed by atoms with Crippen molar-refractivity contribution in [1.29, 1.82) is 0 Å². The topological polar surface area (TPSA) is 64.1 Å². The number of halogens is 3. The number of anilines is 2. The highest BCUT2D eigenvalue weighted by molar-refractivity contribution is 5.93. The summed E-state index contributed by atoms with van der Waals surface area (Å²) >= 11 is 0. The van der Waals surface area contributed by atoms with Gasteiger partial charge in [0.2, 0.25) is 0 Å². The number of hydrogen-bond donors (Lipinski definition) is 1. The Labute approximate surface area is 117 Å². The monoisotopic (exact) mass is 297 g/mol. The third-order valence-electron chi connectivity index (χ3n) is 2.55. The molecule has 1 aromatic carbocycles. The number of benzene rings is 1. The molecular weight excluding hydrogens is 287 g/mol. The van der Waals surface area contributed by atoms with Gasteiger partial charge in [0.15, 0.2) is 11.5 Å². The smallest absolute Gasteiger partial charge is 0.416 e. The summed E-state index contributed by atoms with van der Waals surface area (Å²) in [6.07, 6.45) is -1.74. The Morgan fingerprint density at radius 2 is 1.76 bits per heavy atom. The molecule has 1 heterocycles. The second-order valence-corrected chi connectivity index (χ2v) is 3.95. The molecule has 5 nitrogen and oxygen atoms in total. The van der Waals surface area contributed by atoms with E-state index in [-0.39, 0.29) is 11.5 Å². The molecule has 21 heavy (non-hydrogen) atoms. The van der Waals surface area contributed by atoms with Crippen LogP contribution in [0.5, 0.6) is 0 Å². The number of alkyl halides is 3. The molecule has 110 valence electrons. The molecular formula is C13H10F3N3O2. The van der Waals surface area contributed by atoms with E-state index in [1.165, 1.54) is 31.6 Å².